The molecule has 1 aliphatic heterocycles. The molecule has 1 heterocycles. The zero-order valence-corrected chi connectivity index (χ0v) is 16.7. The normalized spacial score (nSPS) is 16.6. The minimum atomic E-state index is -0.0155. The zero-order chi connectivity index (χ0) is 19.2. The largest absolute Gasteiger partial charge is 0.340 e. The maximum Gasteiger partial charge on any atom is 0.242 e. The van der Waals surface area contributed by atoms with Crippen LogP contribution < -0.4 is 0 Å². The van der Waals surface area contributed by atoms with Crippen molar-refractivity contribution >= 4 is 23.6 Å². The van der Waals surface area contributed by atoms with E-state index in [-0.39, 0.29) is 24.3 Å². The number of rotatable bonds is 7. The summed E-state index contributed by atoms with van der Waals surface area (Å²) in [6.45, 7) is 1.39. The molecule has 1 fully saturated rings. The van der Waals surface area contributed by atoms with Crippen LogP contribution in [0, 0.1) is 5.92 Å². The molecule has 2 amide bonds. The van der Waals surface area contributed by atoms with Crippen molar-refractivity contribution in [2.24, 2.45) is 5.92 Å². The van der Waals surface area contributed by atoms with Crippen molar-refractivity contribution in [3.8, 4) is 0 Å². The van der Waals surface area contributed by atoms with Gasteiger partial charge in [-0.05, 0) is 41.9 Å². The Balaban J connectivity index is 1.53. The molecule has 1 atom stereocenters. The number of carbonyl (C=O) groups is 2. The van der Waals surface area contributed by atoms with Crippen molar-refractivity contribution in [1.82, 2.24) is 9.80 Å². The molecule has 0 spiro atoms. The zero-order valence-electron chi connectivity index (χ0n) is 15.9. The van der Waals surface area contributed by atoms with E-state index in [2.05, 4.69) is 24.3 Å². The molecule has 0 saturated carbocycles. The first-order valence-electron chi connectivity index (χ1n) is 9.23. The summed E-state index contributed by atoms with van der Waals surface area (Å²) < 4.78 is 0. The topological polar surface area (TPSA) is 40.6 Å². The lowest BCUT2D eigenvalue weighted by Crippen LogP contribution is -2.39. The molecule has 0 radical (unpaired) electrons. The van der Waals surface area contributed by atoms with Crippen molar-refractivity contribution in [2.75, 3.05) is 26.4 Å². The summed E-state index contributed by atoms with van der Waals surface area (Å²) in [6.07, 6.45) is 3.45. The molecule has 0 aromatic heterocycles. The highest BCUT2D eigenvalue weighted by molar-refractivity contribution is 7.98. The van der Waals surface area contributed by atoms with Crippen LogP contribution in [0.5, 0.6) is 0 Å². The third-order valence-electron chi connectivity index (χ3n) is 4.97. The summed E-state index contributed by atoms with van der Waals surface area (Å²) in [5.41, 5.74) is 2.35. The number of amides is 2. The first-order chi connectivity index (χ1) is 13.0. The number of likely N-dealkylation sites (tertiary alicyclic amines) is 1. The van der Waals surface area contributed by atoms with E-state index in [0.717, 1.165) is 12.0 Å². The Kier molecular flexibility index (Phi) is 6.56. The summed E-state index contributed by atoms with van der Waals surface area (Å²) in [5, 5.41) is 0. The Hall–Kier alpha value is -2.27. The van der Waals surface area contributed by atoms with Crippen LogP contribution in [-0.2, 0) is 22.6 Å². The van der Waals surface area contributed by atoms with Crippen molar-refractivity contribution in [1.29, 1.82) is 0 Å². The van der Waals surface area contributed by atoms with Gasteiger partial charge >= 0.3 is 0 Å². The van der Waals surface area contributed by atoms with Gasteiger partial charge in [-0.2, -0.15) is 0 Å². The predicted molar refractivity (Wildman–Crippen MR) is 110 cm³/mol. The highest BCUT2D eigenvalue weighted by atomic mass is 32.2. The maximum absolute atomic E-state index is 12.6. The van der Waals surface area contributed by atoms with Crippen molar-refractivity contribution < 1.29 is 9.59 Å². The van der Waals surface area contributed by atoms with Gasteiger partial charge in [0.15, 0.2) is 0 Å². The van der Waals surface area contributed by atoms with Crippen molar-refractivity contribution in [2.45, 2.75) is 24.3 Å². The molecule has 27 heavy (non-hydrogen) atoms. The van der Waals surface area contributed by atoms with E-state index in [1.807, 2.05) is 36.6 Å². The van der Waals surface area contributed by atoms with Crippen molar-refractivity contribution in [3.05, 3.63) is 65.7 Å². The summed E-state index contributed by atoms with van der Waals surface area (Å²) in [6, 6.07) is 18.4. The fraction of sp³-hybridized carbons (Fsp3) is 0.364. The third kappa shape index (κ3) is 5.36. The van der Waals surface area contributed by atoms with E-state index in [4.69, 9.17) is 0 Å². The lowest BCUT2D eigenvalue weighted by Gasteiger charge is -2.22. The van der Waals surface area contributed by atoms with Gasteiger partial charge in [-0.15, -0.1) is 11.8 Å². The number of hydrogen-bond acceptors (Lipinski definition) is 3. The quantitative estimate of drug-likeness (QED) is 0.689. The average Bonchev–Trinajstić information content (AvgIpc) is 3.01. The van der Waals surface area contributed by atoms with Crippen LogP contribution in [-0.4, -0.2) is 48.0 Å². The molecule has 0 N–H and O–H groups in total. The van der Waals surface area contributed by atoms with Gasteiger partial charge in [-0.1, -0.05) is 42.5 Å². The molecule has 4 nitrogen and oxygen atoms in total. The van der Waals surface area contributed by atoms with Crippen LogP contribution in [0.25, 0.3) is 0 Å². The Labute approximate surface area is 165 Å². The molecule has 2 aromatic carbocycles. The summed E-state index contributed by atoms with van der Waals surface area (Å²) in [5.74, 6) is 0.358. The lowest BCUT2D eigenvalue weighted by molar-refractivity contribution is -0.137. The molecular weight excluding hydrogens is 356 g/mol. The van der Waals surface area contributed by atoms with Crippen LogP contribution in [0.1, 0.15) is 17.5 Å². The molecule has 3 rings (SSSR count). The van der Waals surface area contributed by atoms with Gasteiger partial charge in [0.2, 0.25) is 11.8 Å². The monoisotopic (exact) mass is 382 g/mol. The van der Waals surface area contributed by atoms with E-state index in [0.29, 0.717) is 19.5 Å². The Morgan fingerprint density at radius 1 is 1.15 bits per heavy atom. The number of carbonyl (C=O) groups excluding carboxylic acids is 2. The molecule has 1 aliphatic rings. The second kappa shape index (κ2) is 9.09. The predicted octanol–water partition coefficient (Wildman–Crippen LogP) is 3.46. The van der Waals surface area contributed by atoms with E-state index < -0.39 is 0 Å². The number of hydrogen-bond donors (Lipinski definition) is 0. The van der Waals surface area contributed by atoms with E-state index in [1.165, 1.54) is 10.5 Å². The van der Waals surface area contributed by atoms with E-state index in [1.54, 1.807) is 28.6 Å². The number of thioether (sulfide) groups is 1. The minimum Gasteiger partial charge on any atom is -0.340 e. The number of benzene rings is 2. The SMILES string of the molecule is CSc1cccc(CN(C)C(=O)CN2C[C@@H](Cc3ccccc3)CC2=O)c1. The van der Waals surface area contributed by atoms with Gasteiger partial charge in [0.05, 0.1) is 6.54 Å². The smallest absolute Gasteiger partial charge is 0.242 e. The molecule has 0 bridgehead atoms. The molecule has 0 unspecified atom stereocenters. The molecule has 2 aromatic rings. The van der Waals surface area contributed by atoms with Crippen LogP contribution >= 0.6 is 11.8 Å². The van der Waals surface area contributed by atoms with Gasteiger partial charge in [-0.25, -0.2) is 0 Å². The van der Waals surface area contributed by atoms with Crippen LogP contribution in [0.15, 0.2) is 59.5 Å². The third-order valence-corrected chi connectivity index (χ3v) is 5.69. The molecular formula is C22H26N2O2S. The van der Waals surface area contributed by atoms with Gasteiger partial charge in [0.25, 0.3) is 0 Å². The first-order valence-corrected chi connectivity index (χ1v) is 10.5. The summed E-state index contributed by atoms with van der Waals surface area (Å²) in [7, 11) is 1.80. The van der Waals surface area contributed by atoms with E-state index in [9.17, 15) is 9.59 Å². The van der Waals surface area contributed by atoms with Gasteiger partial charge in [0, 0.05) is 31.5 Å². The second-order valence-electron chi connectivity index (χ2n) is 7.14. The fourth-order valence-corrected chi connectivity index (χ4v) is 3.99. The first kappa shape index (κ1) is 19.5. The van der Waals surface area contributed by atoms with Gasteiger partial charge in [0.1, 0.15) is 0 Å². The van der Waals surface area contributed by atoms with Crippen LogP contribution in [0.2, 0.25) is 0 Å². The fourth-order valence-electron chi connectivity index (χ4n) is 3.51. The minimum absolute atomic E-state index is 0.0155. The maximum atomic E-state index is 12.6. The standard InChI is InChI=1S/C22H26N2O2S/c1-23(14-18-9-6-10-20(12-18)27-2)22(26)16-24-15-19(13-21(24)25)11-17-7-4-3-5-8-17/h3-10,12,19H,11,13-16H2,1-2H3/t19-/m0/s1. The molecule has 142 valence electrons. The Morgan fingerprint density at radius 3 is 2.63 bits per heavy atom. The summed E-state index contributed by atoms with van der Waals surface area (Å²) in [4.78, 5) is 29.5. The lowest BCUT2D eigenvalue weighted by atomic mass is 9.99. The second-order valence-corrected chi connectivity index (χ2v) is 8.02. The average molecular weight is 383 g/mol. The Morgan fingerprint density at radius 2 is 1.89 bits per heavy atom. The molecule has 5 heteroatoms. The van der Waals surface area contributed by atoms with Crippen LogP contribution in [0.3, 0.4) is 0 Å². The van der Waals surface area contributed by atoms with Gasteiger partial charge in [-0.3, -0.25) is 9.59 Å². The highest BCUT2D eigenvalue weighted by Crippen LogP contribution is 2.22. The number of nitrogens with zero attached hydrogens (tertiary/aromatic N) is 2. The molecule has 0 aliphatic carbocycles. The van der Waals surface area contributed by atoms with Gasteiger partial charge < -0.3 is 9.80 Å². The van der Waals surface area contributed by atoms with E-state index >= 15 is 0 Å². The van der Waals surface area contributed by atoms with Crippen LogP contribution in [0.4, 0.5) is 0 Å². The van der Waals surface area contributed by atoms with Crippen molar-refractivity contribution in [3.63, 3.8) is 0 Å². The molecule has 1 saturated heterocycles. The summed E-state index contributed by atoms with van der Waals surface area (Å²) >= 11 is 1.69. The highest BCUT2D eigenvalue weighted by Gasteiger charge is 2.31. The number of likely N-dealkylation sites (N-methyl/N-ethyl adjacent to an activating group) is 1. The Bertz CT molecular complexity index is 794.